The molecule has 22 heteroatoms. The topological polar surface area (TPSA) is 196 Å². The second kappa shape index (κ2) is 20.1. The number of imidazole rings is 2. The van der Waals surface area contributed by atoms with Gasteiger partial charge in [0.15, 0.2) is 0 Å². The van der Waals surface area contributed by atoms with Crippen LogP contribution in [0, 0.1) is 5.82 Å². The van der Waals surface area contributed by atoms with E-state index in [1.54, 1.807) is 64.1 Å². The number of carbonyl (C=O) groups excluding carboxylic acids is 2. The van der Waals surface area contributed by atoms with Crippen LogP contribution in [0.15, 0.2) is 154 Å². The predicted molar refractivity (Wildman–Crippen MR) is 235 cm³/mol. The minimum Gasteiger partial charge on any atom is -0.492 e. The van der Waals surface area contributed by atoms with Crippen molar-refractivity contribution < 1.29 is 48.7 Å². The van der Waals surface area contributed by atoms with Crippen LogP contribution in [0.4, 0.5) is 17.6 Å². The van der Waals surface area contributed by atoms with E-state index in [1.165, 1.54) is 61.1 Å². The summed E-state index contributed by atoms with van der Waals surface area (Å²) >= 11 is 6.07. The highest BCUT2D eigenvalue weighted by molar-refractivity contribution is 7.91. The molecule has 0 fully saturated rings. The van der Waals surface area contributed by atoms with Crippen molar-refractivity contribution in [2.75, 3.05) is 6.61 Å². The second-order valence-corrected chi connectivity index (χ2v) is 18.9. The van der Waals surface area contributed by atoms with Crippen molar-refractivity contribution in [3.8, 4) is 5.75 Å². The van der Waals surface area contributed by atoms with Crippen LogP contribution in [-0.2, 0) is 38.9 Å². The fourth-order valence-corrected chi connectivity index (χ4v) is 9.24. The van der Waals surface area contributed by atoms with Crippen LogP contribution in [0.25, 0.3) is 11.6 Å². The smallest absolute Gasteiger partial charge is 0.419 e. The standard InChI is InChI=1S/C24H23ClN4O4S.C21H14F4N4O3S/c1-2-3-12-33-21-9-6-19(25)13-22(21)34(31,32)20-7-4-17(5-8-20)14-27-23(30)18-15-28-24-26-10-11-29(24)16-18;22-18-6-5-16(9-17(18)21(23,24)25)33(31,32)15-3-1-13(2-4-15)10-27-19(30)14-11-28-20-26-7-8-29(20)12-14/h4-11,13,15-16H,2-3,12,14H2,1H3,(H,27,30);1-9,11-12H,10H2,(H,27,30). The lowest BCUT2D eigenvalue weighted by Gasteiger charge is -2.13. The first kappa shape index (κ1) is 47.7. The molecular weight excluding hydrogens is 940 g/mol. The number of ether oxygens (including phenoxy) is 1. The van der Waals surface area contributed by atoms with Gasteiger partial charge in [-0.15, -0.1) is 0 Å². The molecule has 4 aromatic heterocycles. The molecule has 0 radical (unpaired) electrons. The molecule has 2 N–H and O–H groups in total. The number of amides is 2. The van der Waals surface area contributed by atoms with Crippen molar-refractivity contribution in [1.82, 2.24) is 39.4 Å². The average Bonchev–Trinajstić information content (AvgIpc) is 4.00. The molecule has 8 rings (SSSR count). The molecule has 0 bridgehead atoms. The van der Waals surface area contributed by atoms with E-state index in [1.807, 2.05) is 6.92 Å². The van der Waals surface area contributed by atoms with Crippen LogP contribution >= 0.6 is 11.6 Å². The molecule has 0 aliphatic heterocycles. The van der Waals surface area contributed by atoms with Crippen molar-refractivity contribution in [1.29, 1.82) is 0 Å². The number of benzene rings is 4. The molecule has 0 saturated heterocycles. The summed E-state index contributed by atoms with van der Waals surface area (Å²) < 4.78 is 113. The molecule has 346 valence electrons. The molecule has 2 amide bonds. The number of halogens is 5. The zero-order chi connectivity index (χ0) is 47.9. The highest BCUT2D eigenvalue weighted by Crippen LogP contribution is 2.35. The first-order valence-electron chi connectivity index (χ1n) is 20.0. The fraction of sp³-hybridized carbons (Fsp3) is 0.156. The van der Waals surface area contributed by atoms with Gasteiger partial charge in [0.05, 0.1) is 38.0 Å². The van der Waals surface area contributed by atoms with Gasteiger partial charge in [-0.05, 0) is 78.2 Å². The lowest BCUT2D eigenvalue weighted by atomic mass is 10.2. The van der Waals surface area contributed by atoms with Crippen LogP contribution in [-0.4, -0.2) is 64.0 Å². The van der Waals surface area contributed by atoms with Gasteiger partial charge in [-0.2, -0.15) is 13.2 Å². The molecule has 4 heterocycles. The van der Waals surface area contributed by atoms with Gasteiger partial charge in [0.25, 0.3) is 11.8 Å². The van der Waals surface area contributed by atoms with Gasteiger partial charge >= 0.3 is 6.18 Å². The number of aromatic nitrogens is 6. The predicted octanol–water partition coefficient (Wildman–Crippen LogP) is 7.97. The number of carbonyl (C=O) groups is 2. The van der Waals surface area contributed by atoms with Crippen LogP contribution in [0.5, 0.6) is 5.75 Å². The summed E-state index contributed by atoms with van der Waals surface area (Å²) in [5, 5.41) is 5.78. The van der Waals surface area contributed by atoms with Gasteiger partial charge in [-0.25, -0.2) is 41.2 Å². The summed E-state index contributed by atoms with van der Waals surface area (Å²) in [6.45, 7) is 2.74. The maximum atomic E-state index is 13.5. The Morgan fingerprint density at radius 2 is 1.19 bits per heavy atom. The molecule has 0 spiro atoms. The third-order valence-electron chi connectivity index (χ3n) is 9.89. The maximum Gasteiger partial charge on any atom is 0.419 e. The number of rotatable bonds is 14. The molecule has 8 aromatic rings. The van der Waals surface area contributed by atoms with Gasteiger partial charge in [0, 0.05) is 67.7 Å². The van der Waals surface area contributed by atoms with Crippen molar-refractivity contribution in [2.45, 2.75) is 58.6 Å². The Kier molecular flexibility index (Phi) is 14.3. The highest BCUT2D eigenvalue weighted by Gasteiger charge is 2.35. The molecule has 0 aliphatic carbocycles. The monoisotopic (exact) mass is 976 g/mol. The van der Waals surface area contributed by atoms with E-state index in [9.17, 15) is 44.0 Å². The number of fused-ring (bicyclic) bond motifs is 2. The van der Waals surface area contributed by atoms with E-state index in [2.05, 4.69) is 30.6 Å². The maximum absolute atomic E-state index is 13.5. The van der Waals surface area contributed by atoms with E-state index in [0.29, 0.717) is 40.4 Å². The SMILES string of the molecule is CCCCOc1ccc(Cl)cc1S(=O)(=O)c1ccc(CNC(=O)c2cnc3nccn3c2)cc1.O=C(NCc1ccc(S(=O)(=O)c2ccc(F)c(C(F)(F)F)c2)cc1)c1cnc2nccn2c1. The Hall–Kier alpha value is -7.23. The van der Waals surface area contributed by atoms with Crippen LogP contribution < -0.4 is 15.4 Å². The molecule has 67 heavy (non-hydrogen) atoms. The van der Waals surface area contributed by atoms with Gasteiger partial charge in [-0.3, -0.25) is 18.4 Å². The van der Waals surface area contributed by atoms with Crippen LogP contribution in [0.1, 0.15) is 57.2 Å². The quantitative estimate of drug-likeness (QED) is 0.0609. The number of hydrogen-bond donors (Lipinski definition) is 2. The normalized spacial score (nSPS) is 11.8. The Morgan fingerprint density at radius 1 is 0.687 bits per heavy atom. The summed E-state index contributed by atoms with van der Waals surface area (Å²) in [5.74, 6) is -1.06. The zero-order valence-electron chi connectivity index (χ0n) is 35.0. The number of unbranched alkanes of at least 4 members (excludes halogenated alkanes) is 1. The molecule has 0 atom stereocenters. The number of hydrogen-bond acceptors (Lipinski definition) is 11. The lowest BCUT2D eigenvalue weighted by Crippen LogP contribution is -2.23. The third kappa shape index (κ3) is 11.2. The fourth-order valence-electron chi connectivity index (χ4n) is 6.30. The Morgan fingerprint density at radius 3 is 1.70 bits per heavy atom. The molecule has 0 aliphatic rings. The summed E-state index contributed by atoms with van der Waals surface area (Å²) in [6.07, 6.45) is 9.22. The van der Waals surface area contributed by atoms with Gasteiger partial charge in [0.2, 0.25) is 31.2 Å². The first-order chi connectivity index (χ1) is 31.9. The second-order valence-electron chi connectivity index (χ2n) is 14.5. The molecule has 4 aromatic carbocycles. The van der Waals surface area contributed by atoms with E-state index in [4.69, 9.17) is 16.3 Å². The van der Waals surface area contributed by atoms with E-state index in [0.717, 1.165) is 24.5 Å². The third-order valence-corrected chi connectivity index (χ3v) is 13.7. The van der Waals surface area contributed by atoms with Gasteiger partial charge in [-0.1, -0.05) is 49.2 Å². The van der Waals surface area contributed by atoms with Crippen molar-refractivity contribution in [2.24, 2.45) is 0 Å². The van der Waals surface area contributed by atoms with Gasteiger partial charge in [0.1, 0.15) is 16.5 Å². The first-order valence-corrected chi connectivity index (χ1v) is 23.4. The molecule has 15 nitrogen and oxygen atoms in total. The van der Waals surface area contributed by atoms with E-state index < -0.39 is 48.0 Å². The van der Waals surface area contributed by atoms with Crippen molar-refractivity contribution in [3.63, 3.8) is 0 Å². The number of nitrogens with one attached hydrogen (secondary N) is 2. The summed E-state index contributed by atoms with van der Waals surface area (Å²) in [6, 6.07) is 17.7. The van der Waals surface area contributed by atoms with Gasteiger partial charge < -0.3 is 15.4 Å². The molecule has 0 unspecified atom stereocenters. The summed E-state index contributed by atoms with van der Waals surface area (Å²) in [5.41, 5.74) is 0.313. The minimum absolute atomic E-state index is 0.0274. The average molecular weight is 977 g/mol. The largest absolute Gasteiger partial charge is 0.492 e. The molecule has 0 saturated carbocycles. The summed E-state index contributed by atoms with van der Waals surface area (Å²) in [4.78, 5) is 40.2. The number of sulfone groups is 2. The van der Waals surface area contributed by atoms with Crippen LogP contribution in [0.2, 0.25) is 5.02 Å². The summed E-state index contributed by atoms with van der Waals surface area (Å²) in [7, 11) is -8.17. The Balaban J connectivity index is 0.000000199. The van der Waals surface area contributed by atoms with Crippen molar-refractivity contribution >= 4 is 54.6 Å². The minimum atomic E-state index is -5.03. The Bertz CT molecular complexity index is 3310. The lowest BCUT2D eigenvalue weighted by molar-refractivity contribution is -0.140. The zero-order valence-corrected chi connectivity index (χ0v) is 37.4. The number of nitrogens with zero attached hydrogens (tertiary/aromatic N) is 6. The number of alkyl halides is 3. The van der Waals surface area contributed by atoms with Crippen molar-refractivity contribution in [3.05, 3.63) is 173 Å². The van der Waals surface area contributed by atoms with Crippen LogP contribution in [0.3, 0.4) is 0 Å². The van der Waals surface area contributed by atoms with E-state index in [-0.39, 0.29) is 51.1 Å². The molecular formula is C45H37ClF4N8O7S2. The highest BCUT2D eigenvalue weighted by atomic mass is 35.5. The Labute approximate surface area is 385 Å². The van der Waals surface area contributed by atoms with E-state index >= 15 is 0 Å².